The number of carboxylic acids is 1. The molecule has 5 nitrogen and oxygen atoms in total. The van der Waals surface area contributed by atoms with Crippen LogP contribution >= 0.6 is 12.6 Å². The Morgan fingerprint density at radius 1 is 1.24 bits per heavy atom. The van der Waals surface area contributed by atoms with E-state index in [2.05, 4.69) is 12.6 Å². The van der Waals surface area contributed by atoms with Crippen LogP contribution in [0.3, 0.4) is 0 Å². The first-order valence-corrected chi connectivity index (χ1v) is 5.51. The van der Waals surface area contributed by atoms with Crippen molar-refractivity contribution in [2.45, 2.75) is 6.04 Å². The second-order valence-electron chi connectivity index (χ2n) is 3.56. The Labute approximate surface area is 102 Å². The highest BCUT2D eigenvalue weighted by Crippen LogP contribution is 2.24. The molecule has 1 atom stereocenters. The molecule has 0 unspecified atom stereocenters. The molecule has 1 aliphatic heterocycles. The quantitative estimate of drug-likeness (QED) is 0.611. The number of thiol groups is 1. The lowest BCUT2D eigenvalue weighted by Gasteiger charge is -2.20. The molecule has 6 heteroatoms. The fraction of sp³-hybridized carbons (Fsp3) is 0.182. The predicted octanol–water partition coefficient (Wildman–Crippen LogP) is 0.666. The fourth-order valence-electron chi connectivity index (χ4n) is 1.76. The summed E-state index contributed by atoms with van der Waals surface area (Å²) in [7, 11) is 0. The summed E-state index contributed by atoms with van der Waals surface area (Å²) in [5, 5.41) is 8.95. The molecule has 0 aromatic heterocycles. The molecule has 0 spiro atoms. The van der Waals surface area contributed by atoms with E-state index in [0.717, 1.165) is 4.90 Å². The SMILES string of the molecule is O=C(O)[C@@H](CS)N1C(=O)c2ccccc2C1=O. The van der Waals surface area contributed by atoms with Crippen molar-refractivity contribution in [1.82, 2.24) is 4.90 Å². The third-order valence-corrected chi connectivity index (χ3v) is 2.94. The molecule has 0 fully saturated rings. The highest BCUT2D eigenvalue weighted by molar-refractivity contribution is 7.80. The molecule has 0 radical (unpaired) electrons. The third-order valence-electron chi connectivity index (χ3n) is 2.60. The Balaban J connectivity index is 2.46. The third kappa shape index (κ3) is 1.70. The molecule has 0 bridgehead atoms. The van der Waals surface area contributed by atoms with Gasteiger partial charge in [0, 0.05) is 5.75 Å². The molecular formula is C11H9NO4S. The van der Waals surface area contributed by atoms with Crippen molar-refractivity contribution in [3.63, 3.8) is 0 Å². The second-order valence-corrected chi connectivity index (χ2v) is 3.93. The van der Waals surface area contributed by atoms with Gasteiger partial charge in [0.25, 0.3) is 11.8 Å². The Morgan fingerprint density at radius 3 is 2.06 bits per heavy atom. The van der Waals surface area contributed by atoms with Gasteiger partial charge in [-0.15, -0.1) is 0 Å². The molecular weight excluding hydrogens is 242 g/mol. The van der Waals surface area contributed by atoms with Crippen LogP contribution < -0.4 is 0 Å². The molecule has 0 aliphatic carbocycles. The number of carbonyl (C=O) groups is 3. The zero-order chi connectivity index (χ0) is 12.6. The highest BCUT2D eigenvalue weighted by Gasteiger charge is 2.41. The van der Waals surface area contributed by atoms with Crippen molar-refractivity contribution in [1.29, 1.82) is 0 Å². The van der Waals surface area contributed by atoms with Crippen molar-refractivity contribution < 1.29 is 19.5 Å². The molecule has 1 aliphatic rings. The number of benzene rings is 1. The van der Waals surface area contributed by atoms with E-state index >= 15 is 0 Å². The van der Waals surface area contributed by atoms with Gasteiger partial charge in [-0.1, -0.05) is 12.1 Å². The lowest BCUT2D eigenvalue weighted by molar-refractivity contribution is -0.140. The molecule has 2 amide bonds. The van der Waals surface area contributed by atoms with Crippen LogP contribution in [0.5, 0.6) is 0 Å². The van der Waals surface area contributed by atoms with Gasteiger partial charge >= 0.3 is 5.97 Å². The Bertz CT molecular complexity index is 479. The van der Waals surface area contributed by atoms with Crippen LogP contribution in [-0.2, 0) is 4.79 Å². The number of amides is 2. The normalized spacial score (nSPS) is 15.9. The summed E-state index contributed by atoms with van der Waals surface area (Å²) in [6.07, 6.45) is 0. The summed E-state index contributed by atoms with van der Waals surface area (Å²) in [5.74, 6) is -2.51. The molecule has 1 heterocycles. The van der Waals surface area contributed by atoms with Crippen LogP contribution in [-0.4, -0.2) is 39.6 Å². The molecule has 0 saturated carbocycles. The second kappa shape index (κ2) is 4.21. The van der Waals surface area contributed by atoms with Gasteiger partial charge < -0.3 is 5.11 Å². The van der Waals surface area contributed by atoms with Gasteiger partial charge in [-0.3, -0.25) is 14.5 Å². The van der Waals surface area contributed by atoms with Crippen molar-refractivity contribution in [2.24, 2.45) is 0 Å². The van der Waals surface area contributed by atoms with E-state index in [1.54, 1.807) is 12.1 Å². The molecule has 88 valence electrons. The lowest BCUT2D eigenvalue weighted by atomic mass is 10.1. The topological polar surface area (TPSA) is 74.7 Å². The standard InChI is InChI=1S/C11H9NO4S/c13-9-6-3-1-2-4-7(6)10(14)12(9)8(5-17)11(15)16/h1-4,8,17H,5H2,(H,15,16)/t8-/m1/s1. The molecule has 1 aromatic rings. The van der Waals surface area contributed by atoms with Crippen molar-refractivity contribution in [3.8, 4) is 0 Å². The number of carbonyl (C=O) groups excluding carboxylic acids is 2. The van der Waals surface area contributed by atoms with Crippen molar-refractivity contribution >= 4 is 30.4 Å². The largest absolute Gasteiger partial charge is 0.480 e. The van der Waals surface area contributed by atoms with E-state index in [-0.39, 0.29) is 16.9 Å². The first-order chi connectivity index (χ1) is 8.07. The van der Waals surface area contributed by atoms with Gasteiger partial charge in [-0.2, -0.15) is 12.6 Å². The molecule has 1 N–H and O–H groups in total. The van der Waals surface area contributed by atoms with Crippen LogP contribution in [0.25, 0.3) is 0 Å². The number of carboxylic acid groups (broad SMARTS) is 1. The number of hydrogen-bond acceptors (Lipinski definition) is 4. The van der Waals surface area contributed by atoms with E-state index in [9.17, 15) is 14.4 Å². The van der Waals surface area contributed by atoms with Crippen LogP contribution in [0.15, 0.2) is 24.3 Å². The minimum Gasteiger partial charge on any atom is -0.480 e. The molecule has 17 heavy (non-hydrogen) atoms. The summed E-state index contributed by atoms with van der Waals surface area (Å²) < 4.78 is 0. The minimum atomic E-state index is -1.24. The summed E-state index contributed by atoms with van der Waals surface area (Å²) in [6.45, 7) is 0. The van der Waals surface area contributed by atoms with Crippen molar-refractivity contribution in [3.05, 3.63) is 35.4 Å². The van der Waals surface area contributed by atoms with Gasteiger partial charge in [0.05, 0.1) is 11.1 Å². The number of hydrogen-bond donors (Lipinski definition) is 2. The summed E-state index contributed by atoms with van der Waals surface area (Å²) in [6, 6.07) is 5.04. The van der Waals surface area contributed by atoms with E-state index < -0.39 is 23.8 Å². The maximum atomic E-state index is 11.9. The van der Waals surface area contributed by atoms with Crippen LogP contribution in [0, 0.1) is 0 Å². The average Bonchev–Trinajstić information content (AvgIpc) is 2.56. The monoisotopic (exact) mass is 251 g/mol. The first-order valence-electron chi connectivity index (χ1n) is 4.88. The first kappa shape index (κ1) is 11.7. The van der Waals surface area contributed by atoms with Gasteiger partial charge in [0.1, 0.15) is 6.04 Å². The maximum absolute atomic E-state index is 11.9. The zero-order valence-electron chi connectivity index (χ0n) is 8.66. The summed E-state index contributed by atoms with van der Waals surface area (Å²) in [4.78, 5) is 35.6. The number of nitrogens with zero attached hydrogens (tertiary/aromatic N) is 1. The number of fused-ring (bicyclic) bond motifs is 1. The van der Waals surface area contributed by atoms with Crippen LogP contribution in [0.1, 0.15) is 20.7 Å². The van der Waals surface area contributed by atoms with E-state index in [1.165, 1.54) is 12.1 Å². The molecule has 1 aromatic carbocycles. The number of aliphatic carboxylic acids is 1. The number of rotatable bonds is 3. The molecule has 0 saturated heterocycles. The average molecular weight is 251 g/mol. The predicted molar refractivity (Wildman–Crippen MR) is 62.2 cm³/mol. The smallest absolute Gasteiger partial charge is 0.327 e. The van der Waals surface area contributed by atoms with Gasteiger partial charge in [-0.05, 0) is 12.1 Å². The van der Waals surface area contributed by atoms with E-state index in [4.69, 9.17) is 5.11 Å². The van der Waals surface area contributed by atoms with Gasteiger partial charge in [-0.25, -0.2) is 4.79 Å². The summed E-state index contributed by atoms with van der Waals surface area (Å²) in [5.41, 5.74) is 0.482. The molecule has 2 rings (SSSR count). The Hall–Kier alpha value is -1.82. The van der Waals surface area contributed by atoms with E-state index in [1.807, 2.05) is 0 Å². The minimum absolute atomic E-state index is 0.110. The summed E-state index contributed by atoms with van der Waals surface area (Å²) >= 11 is 3.86. The lowest BCUT2D eigenvalue weighted by Crippen LogP contribution is -2.46. The Kier molecular flexibility index (Phi) is 2.89. The maximum Gasteiger partial charge on any atom is 0.327 e. The zero-order valence-corrected chi connectivity index (χ0v) is 9.55. The van der Waals surface area contributed by atoms with Gasteiger partial charge in [0.15, 0.2) is 0 Å². The van der Waals surface area contributed by atoms with Crippen LogP contribution in [0.4, 0.5) is 0 Å². The van der Waals surface area contributed by atoms with Gasteiger partial charge in [0.2, 0.25) is 0 Å². The highest BCUT2D eigenvalue weighted by atomic mass is 32.1. The van der Waals surface area contributed by atoms with Crippen LogP contribution in [0.2, 0.25) is 0 Å². The van der Waals surface area contributed by atoms with E-state index in [0.29, 0.717) is 0 Å². The Morgan fingerprint density at radius 2 is 1.71 bits per heavy atom. The fourth-order valence-corrected chi connectivity index (χ4v) is 2.08. The van der Waals surface area contributed by atoms with Crippen molar-refractivity contribution in [2.75, 3.05) is 5.75 Å². The number of imide groups is 1.